The van der Waals surface area contributed by atoms with Crippen LogP contribution in [-0.2, 0) is 14.6 Å². The molecule has 0 bridgehead atoms. The van der Waals surface area contributed by atoms with Crippen LogP contribution in [0.4, 0.5) is 0 Å². The number of nitrogens with one attached hydrogen (secondary N) is 1. The lowest BCUT2D eigenvalue weighted by Crippen LogP contribution is -2.31. The molecule has 1 aromatic heterocycles. The highest BCUT2D eigenvalue weighted by molar-refractivity contribution is 7.91. The Bertz CT molecular complexity index is 810. The van der Waals surface area contributed by atoms with Crippen LogP contribution in [0.15, 0.2) is 45.9 Å². The Morgan fingerprint density at radius 3 is 2.64 bits per heavy atom. The van der Waals surface area contributed by atoms with Crippen LogP contribution in [0.25, 0.3) is 0 Å². The number of furan rings is 1. The van der Waals surface area contributed by atoms with Gasteiger partial charge < -0.3 is 9.73 Å². The van der Waals surface area contributed by atoms with Crippen LogP contribution in [-0.4, -0.2) is 20.9 Å². The monoisotopic (exact) mass is 363 g/mol. The van der Waals surface area contributed by atoms with Crippen LogP contribution < -0.4 is 5.32 Å². The number of sulfone groups is 1. The smallest absolute Gasteiger partial charge is 0.220 e. The molecular formula is C19H25NO4S. The van der Waals surface area contributed by atoms with Crippen molar-refractivity contribution in [1.82, 2.24) is 5.32 Å². The van der Waals surface area contributed by atoms with E-state index >= 15 is 0 Å². The van der Waals surface area contributed by atoms with Crippen molar-refractivity contribution in [2.45, 2.75) is 50.2 Å². The maximum Gasteiger partial charge on any atom is 0.220 e. The summed E-state index contributed by atoms with van der Waals surface area (Å²) in [7, 11) is -3.70. The van der Waals surface area contributed by atoms with Crippen molar-refractivity contribution in [3.63, 3.8) is 0 Å². The largest absolute Gasteiger partial charge is 0.468 e. The molecule has 1 heterocycles. The lowest BCUT2D eigenvalue weighted by atomic mass is 10.2. The summed E-state index contributed by atoms with van der Waals surface area (Å²) >= 11 is 0. The maximum absolute atomic E-state index is 13.2. The fourth-order valence-electron chi connectivity index (χ4n) is 2.64. The zero-order chi connectivity index (χ0) is 18.4. The number of benzene rings is 1. The topological polar surface area (TPSA) is 76.4 Å². The number of aryl methyl sites for hydroxylation is 2. The van der Waals surface area contributed by atoms with Gasteiger partial charge in [-0.15, -0.1) is 0 Å². The van der Waals surface area contributed by atoms with Crippen LogP contribution in [0, 0.1) is 13.8 Å². The van der Waals surface area contributed by atoms with Crippen molar-refractivity contribution in [3.8, 4) is 0 Å². The zero-order valence-electron chi connectivity index (χ0n) is 14.9. The van der Waals surface area contributed by atoms with Gasteiger partial charge in [0.15, 0.2) is 9.84 Å². The molecule has 2 aromatic rings. The highest BCUT2D eigenvalue weighted by Crippen LogP contribution is 2.31. The molecule has 0 unspecified atom stereocenters. The van der Waals surface area contributed by atoms with E-state index in [4.69, 9.17) is 4.42 Å². The molecule has 1 N–H and O–H groups in total. The Hall–Kier alpha value is -2.08. The molecular weight excluding hydrogens is 338 g/mol. The van der Waals surface area contributed by atoms with Crippen molar-refractivity contribution < 1.29 is 17.6 Å². The molecule has 1 aromatic carbocycles. The van der Waals surface area contributed by atoms with Gasteiger partial charge in [-0.25, -0.2) is 8.42 Å². The van der Waals surface area contributed by atoms with E-state index in [9.17, 15) is 13.2 Å². The lowest BCUT2D eigenvalue weighted by Gasteiger charge is -2.18. The van der Waals surface area contributed by atoms with Crippen molar-refractivity contribution in [1.29, 1.82) is 0 Å². The fourth-order valence-corrected chi connectivity index (χ4v) is 4.55. The minimum atomic E-state index is -3.70. The molecule has 5 nitrogen and oxygen atoms in total. The van der Waals surface area contributed by atoms with Crippen LogP contribution in [0.5, 0.6) is 0 Å². The molecule has 136 valence electrons. The van der Waals surface area contributed by atoms with Gasteiger partial charge in [0.1, 0.15) is 11.0 Å². The Morgan fingerprint density at radius 1 is 1.24 bits per heavy atom. The van der Waals surface area contributed by atoms with Gasteiger partial charge >= 0.3 is 0 Å². The first kappa shape index (κ1) is 19.2. The standard InChI is InChI=1S/C19H25NO4S/c1-4-5-8-19(21)20-13-18(16-7-6-11-24-16)25(22,23)17-12-14(2)9-10-15(17)3/h6-7,9-12,18H,4-5,8,13H2,1-3H3,(H,20,21)/t18-/m0/s1. The molecule has 1 amide bonds. The molecule has 0 saturated heterocycles. The Morgan fingerprint density at radius 2 is 2.00 bits per heavy atom. The van der Waals surface area contributed by atoms with E-state index in [2.05, 4.69) is 5.32 Å². The summed E-state index contributed by atoms with van der Waals surface area (Å²) in [5.74, 6) is 0.186. The number of carbonyl (C=O) groups is 1. The first-order valence-corrected chi connectivity index (χ1v) is 10.0. The first-order valence-electron chi connectivity index (χ1n) is 8.47. The summed E-state index contributed by atoms with van der Waals surface area (Å²) in [4.78, 5) is 12.2. The Labute approximate surface area is 149 Å². The SMILES string of the molecule is CCCCC(=O)NC[C@@H](c1ccco1)S(=O)(=O)c1cc(C)ccc1C. The maximum atomic E-state index is 13.2. The van der Waals surface area contributed by atoms with Crippen molar-refractivity contribution >= 4 is 15.7 Å². The molecule has 0 spiro atoms. The second-order valence-electron chi connectivity index (χ2n) is 6.23. The number of hydrogen-bond acceptors (Lipinski definition) is 4. The summed E-state index contributed by atoms with van der Waals surface area (Å²) in [6, 6.07) is 8.62. The van der Waals surface area contributed by atoms with E-state index < -0.39 is 15.1 Å². The molecule has 0 radical (unpaired) electrons. The predicted molar refractivity (Wildman–Crippen MR) is 97.1 cm³/mol. The average Bonchev–Trinajstić information content (AvgIpc) is 3.09. The Balaban J connectivity index is 2.32. The van der Waals surface area contributed by atoms with Crippen LogP contribution in [0.1, 0.15) is 48.3 Å². The second-order valence-corrected chi connectivity index (χ2v) is 8.32. The number of amides is 1. The molecule has 1 atom stereocenters. The van der Waals surface area contributed by atoms with Gasteiger partial charge in [0.2, 0.25) is 5.91 Å². The van der Waals surface area contributed by atoms with E-state index in [0.29, 0.717) is 17.7 Å². The minimum absolute atomic E-state index is 0.00816. The zero-order valence-corrected chi connectivity index (χ0v) is 15.7. The predicted octanol–water partition coefficient (Wildman–Crippen LogP) is 3.72. The van der Waals surface area contributed by atoms with Gasteiger partial charge in [0.05, 0.1) is 11.2 Å². The summed E-state index contributed by atoms with van der Waals surface area (Å²) in [5, 5.41) is 1.79. The van der Waals surface area contributed by atoms with Crippen LogP contribution in [0.3, 0.4) is 0 Å². The third-order valence-electron chi connectivity index (χ3n) is 4.13. The molecule has 0 aliphatic rings. The molecule has 0 saturated carbocycles. The molecule has 0 aliphatic heterocycles. The van der Waals surface area contributed by atoms with Gasteiger partial charge in [-0.2, -0.15) is 0 Å². The highest BCUT2D eigenvalue weighted by Gasteiger charge is 2.32. The van der Waals surface area contributed by atoms with E-state index in [1.165, 1.54) is 6.26 Å². The summed E-state index contributed by atoms with van der Waals surface area (Å²) < 4.78 is 31.8. The minimum Gasteiger partial charge on any atom is -0.468 e. The van der Waals surface area contributed by atoms with Crippen LogP contribution in [0.2, 0.25) is 0 Å². The number of unbranched alkanes of at least 4 members (excludes halogenated alkanes) is 1. The third kappa shape index (κ3) is 4.72. The van der Waals surface area contributed by atoms with Crippen molar-refractivity contribution in [3.05, 3.63) is 53.5 Å². The molecule has 6 heteroatoms. The Kier molecular flexibility index (Phi) is 6.42. The molecule has 0 fully saturated rings. The quantitative estimate of drug-likeness (QED) is 0.775. The molecule has 2 rings (SSSR count). The van der Waals surface area contributed by atoms with Crippen molar-refractivity contribution in [2.75, 3.05) is 6.54 Å². The van der Waals surface area contributed by atoms with E-state index in [1.54, 1.807) is 31.2 Å². The fraction of sp³-hybridized carbons (Fsp3) is 0.421. The van der Waals surface area contributed by atoms with Gasteiger partial charge in [0.25, 0.3) is 0 Å². The average molecular weight is 363 g/mol. The summed E-state index contributed by atoms with van der Waals surface area (Å²) in [6.07, 6.45) is 3.53. The molecule has 25 heavy (non-hydrogen) atoms. The van der Waals surface area contributed by atoms with Gasteiger partial charge in [-0.3, -0.25) is 4.79 Å². The van der Waals surface area contributed by atoms with Gasteiger partial charge in [0, 0.05) is 13.0 Å². The highest BCUT2D eigenvalue weighted by atomic mass is 32.2. The van der Waals surface area contributed by atoms with E-state index in [0.717, 1.165) is 18.4 Å². The van der Waals surface area contributed by atoms with Gasteiger partial charge in [-0.1, -0.05) is 25.5 Å². The third-order valence-corrected chi connectivity index (χ3v) is 6.33. The van der Waals surface area contributed by atoms with E-state index in [-0.39, 0.29) is 17.3 Å². The number of hydrogen-bond donors (Lipinski definition) is 1. The van der Waals surface area contributed by atoms with Crippen LogP contribution >= 0.6 is 0 Å². The molecule has 0 aliphatic carbocycles. The lowest BCUT2D eigenvalue weighted by molar-refractivity contribution is -0.121. The first-order chi connectivity index (χ1) is 11.9. The second kappa shape index (κ2) is 8.34. The summed E-state index contributed by atoms with van der Waals surface area (Å²) in [5.41, 5.74) is 1.55. The number of carbonyl (C=O) groups excluding carboxylic acids is 1. The normalized spacial score (nSPS) is 12.8. The number of rotatable bonds is 8. The summed E-state index contributed by atoms with van der Waals surface area (Å²) in [6.45, 7) is 5.62. The van der Waals surface area contributed by atoms with E-state index in [1.807, 2.05) is 19.9 Å². The van der Waals surface area contributed by atoms with Crippen molar-refractivity contribution in [2.24, 2.45) is 0 Å². The van der Waals surface area contributed by atoms with Gasteiger partial charge in [-0.05, 0) is 49.6 Å².